The van der Waals surface area contributed by atoms with E-state index in [-0.39, 0.29) is 12.3 Å². The molecule has 0 aliphatic heterocycles. The third kappa shape index (κ3) is 3.28. The maximum Gasteiger partial charge on any atom is 0.303 e. The Hall–Kier alpha value is -2.43. The van der Waals surface area contributed by atoms with Gasteiger partial charge in [0.1, 0.15) is 5.69 Å². The summed E-state index contributed by atoms with van der Waals surface area (Å²) in [4.78, 5) is 26.4. The van der Waals surface area contributed by atoms with Crippen molar-refractivity contribution in [3.63, 3.8) is 0 Å². The molecule has 5 nitrogen and oxygen atoms in total. The fraction of sp³-hybridized carbons (Fsp3) is 0.214. The number of carboxylic acid groups (broad SMARTS) is 1. The molecule has 2 aromatic rings. The van der Waals surface area contributed by atoms with Crippen LogP contribution in [0.1, 0.15) is 23.3 Å². The standard InChI is InChI=1S/C14H14N2O3/c17-12(18)6-3-8-16-14(19)13-11-5-2-1-4-10(11)7-9-15-13/h1-2,4-5,7,9H,3,6,8H2,(H,16,19)(H,17,18). The van der Waals surface area contributed by atoms with E-state index in [0.717, 1.165) is 10.8 Å². The first-order chi connectivity index (χ1) is 9.18. The van der Waals surface area contributed by atoms with E-state index in [1.165, 1.54) is 0 Å². The van der Waals surface area contributed by atoms with E-state index in [1.807, 2.05) is 30.3 Å². The molecule has 0 unspecified atom stereocenters. The predicted molar refractivity (Wildman–Crippen MR) is 70.9 cm³/mol. The number of carbonyl (C=O) groups is 2. The lowest BCUT2D eigenvalue weighted by atomic mass is 10.1. The lowest BCUT2D eigenvalue weighted by Crippen LogP contribution is -2.26. The largest absolute Gasteiger partial charge is 0.481 e. The zero-order valence-electron chi connectivity index (χ0n) is 10.3. The van der Waals surface area contributed by atoms with Crippen molar-refractivity contribution in [2.24, 2.45) is 0 Å². The van der Waals surface area contributed by atoms with Crippen LogP contribution in [0.2, 0.25) is 0 Å². The van der Waals surface area contributed by atoms with E-state index in [1.54, 1.807) is 6.20 Å². The summed E-state index contributed by atoms with van der Waals surface area (Å²) in [6.07, 6.45) is 2.05. The van der Waals surface area contributed by atoms with Gasteiger partial charge in [0, 0.05) is 24.5 Å². The number of fused-ring (bicyclic) bond motifs is 1. The fourth-order valence-corrected chi connectivity index (χ4v) is 1.83. The lowest BCUT2D eigenvalue weighted by molar-refractivity contribution is -0.137. The zero-order valence-corrected chi connectivity index (χ0v) is 10.3. The van der Waals surface area contributed by atoms with Gasteiger partial charge in [0.05, 0.1) is 0 Å². The number of aromatic nitrogens is 1. The quantitative estimate of drug-likeness (QED) is 0.802. The van der Waals surface area contributed by atoms with Gasteiger partial charge in [-0.3, -0.25) is 14.6 Å². The van der Waals surface area contributed by atoms with Gasteiger partial charge >= 0.3 is 5.97 Å². The third-order valence-corrected chi connectivity index (χ3v) is 2.74. The minimum absolute atomic E-state index is 0.0449. The lowest BCUT2D eigenvalue weighted by Gasteiger charge is -2.06. The molecule has 2 N–H and O–H groups in total. The van der Waals surface area contributed by atoms with Crippen molar-refractivity contribution in [2.75, 3.05) is 6.54 Å². The number of benzene rings is 1. The molecule has 0 saturated carbocycles. The Morgan fingerprint density at radius 1 is 1.21 bits per heavy atom. The number of nitrogens with zero attached hydrogens (tertiary/aromatic N) is 1. The summed E-state index contributed by atoms with van der Waals surface area (Å²) in [6, 6.07) is 9.35. The highest BCUT2D eigenvalue weighted by Crippen LogP contribution is 2.15. The first kappa shape index (κ1) is 13.0. The molecule has 0 atom stereocenters. The second-order valence-electron chi connectivity index (χ2n) is 4.13. The molecule has 19 heavy (non-hydrogen) atoms. The van der Waals surface area contributed by atoms with Crippen LogP contribution in [0.5, 0.6) is 0 Å². The SMILES string of the molecule is O=C(O)CCCNC(=O)c1nccc2ccccc12. The van der Waals surface area contributed by atoms with Gasteiger partial charge in [0.25, 0.3) is 5.91 Å². The van der Waals surface area contributed by atoms with Crippen LogP contribution < -0.4 is 5.32 Å². The highest BCUT2D eigenvalue weighted by Gasteiger charge is 2.10. The number of rotatable bonds is 5. The van der Waals surface area contributed by atoms with Crippen LogP contribution in [-0.4, -0.2) is 28.5 Å². The van der Waals surface area contributed by atoms with Crippen LogP contribution in [0, 0.1) is 0 Å². The van der Waals surface area contributed by atoms with Crippen molar-refractivity contribution in [1.82, 2.24) is 10.3 Å². The van der Waals surface area contributed by atoms with E-state index in [2.05, 4.69) is 10.3 Å². The summed E-state index contributed by atoms with van der Waals surface area (Å²) in [5.74, 6) is -1.14. The van der Waals surface area contributed by atoms with Crippen LogP contribution in [0.25, 0.3) is 10.8 Å². The maximum atomic E-state index is 12.0. The molecule has 0 spiro atoms. The van der Waals surface area contributed by atoms with E-state index in [0.29, 0.717) is 18.7 Å². The summed E-state index contributed by atoms with van der Waals surface area (Å²) in [5.41, 5.74) is 0.369. The van der Waals surface area contributed by atoms with Crippen molar-refractivity contribution < 1.29 is 14.7 Å². The number of amides is 1. The van der Waals surface area contributed by atoms with Crippen molar-refractivity contribution in [2.45, 2.75) is 12.8 Å². The minimum atomic E-state index is -0.863. The highest BCUT2D eigenvalue weighted by molar-refractivity contribution is 6.05. The van der Waals surface area contributed by atoms with Crippen LogP contribution in [0.3, 0.4) is 0 Å². The van der Waals surface area contributed by atoms with Gasteiger partial charge in [-0.05, 0) is 17.9 Å². The van der Waals surface area contributed by atoms with Gasteiger partial charge in [-0.1, -0.05) is 24.3 Å². The number of carboxylic acids is 1. The molecule has 1 aromatic carbocycles. The number of nitrogens with one attached hydrogen (secondary N) is 1. The topological polar surface area (TPSA) is 79.3 Å². The third-order valence-electron chi connectivity index (χ3n) is 2.74. The number of aliphatic carboxylic acids is 1. The highest BCUT2D eigenvalue weighted by atomic mass is 16.4. The summed E-state index contributed by atoms with van der Waals surface area (Å²) in [6.45, 7) is 0.329. The van der Waals surface area contributed by atoms with E-state index in [4.69, 9.17) is 5.11 Å². The van der Waals surface area contributed by atoms with E-state index >= 15 is 0 Å². The Labute approximate surface area is 110 Å². The van der Waals surface area contributed by atoms with Crippen molar-refractivity contribution >= 4 is 22.6 Å². The average molecular weight is 258 g/mol. The Balaban J connectivity index is 2.07. The van der Waals surface area contributed by atoms with Gasteiger partial charge in [-0.2, -0.15) is 0 Å². The van der Waals surface area contributed by atoms with Crippen LogP contribution >= 0.6 is 0 Å². The summed E-state index contributed by atoms with van der Waals surface area (Å²) < 4.78 is 0. The van der Waals surface area contributed by atoms with Crippen LogP contribution in [0.15, 0.2) is 36.5 Å². The normalized spacial score (nSPS) is 10.3. The first-order valence-corrected chi connectivity index (χ1v) is 6.02. The van der Waals surface area contributed by atoms with Crippen LogP contribution in [-0.2, 0) is 4.79 Å². The molecule has 2 rings (SSSR count). The summed E-state index contributed by atoms with van der Waals surface area (Å²) >= 11 is 0. The molecule has 0 aliphatic carbocycles. The van der Waals surface area contributed by atoms with Gasteiger partial charge in [0.15, 0.2) is 0 Å². The second-order valence-corrected chi connectivity index (χ2v) is 4.13. The van der Waals surface area contributed by atoms with Crippen molar-refractivity contribution in [1.29, 1.82) is 0 Å². The molecular weight excluding hydrogens is 244 g/mol. The summed E-state index contributed by atoms with van der Waals surface area (Å²) in [7, 11) is 0. The molecule has 1 aromatic heterocycles. The second kappa shape index (κ2) is 5.95. The monoisotopic (exact) mass is 258 g/mol. The molecule has 0 radical (unpaired) electrons. The number of hydrogen-bond donors (Lipinski definition) is 2. The van der Waals surface area contributed by atoms with Gasteiger partial charge in [-0.25, -0.2) is 0 Å². The Bertz CT molecular complexity index is 605. The molecular formula is C14H14N2O3. The summed E-state index contributed by atoms with van der Waals surface area (Å²) in [5, 5.41) is 12.9. The van der Waals surface area contributed by atoms with Gasteiger partial charge in [-0.15, -0.1) is 0 Å². The zero-order chi connectivity index (χ0) is 13.7. The van der Waals surface area contributed by atoms with Gasteiger partial charge in [0.2, 0.25) is 0 Å². The molecule has 5 heteroatoms. The number of carbonyl (C=O) groups excluding carboxylic acids is 1. The molecule has 1 heterocycles. The minimum Gasteiger partial charge on any atom is -0.481 e. The van der Waals surface area contributed by atoms with Crippen molar-refractivity contribution in [3.8, 4) is 0 Å². The average Bonchev–Trinajstić information content (AvgIpc) is 2.42. The molecule has 1 amide bonds. The number of pyridine rings is 1. The molecule has 0 aliphatic rings. The van der Waals surface area contributed by atoms with Crippen LogP contribution in [0.4, 0.5) is 0 Å². The first-order valence-electron chi connectivity index (χ1n) is 6.02. The van der Waals surface area contributed by atoms with E-state index in [9.17, 15) is 9.59 Å². The van der Waals surface area contributed by atoms with E-state index < -0.39 is 5.97 Å². The number of hydrogen-bond acceptors (Lipinski definition) is 3. The molecule has 0 bridgehead atoms. The molecule has 0 saturated heterocycles. The Morgan fingerprint density at radius 2 is 2.00 bits per heavy atom. The Kier molecular flexibility index (Phi) is 4.07. The maximum absolute atomic E-state index is 12.0. The Morgan fingerprint density at radius 3 is 2.79 bits per heavy atom. The fourth-order valence-electron chi connectivity index (χ4n) is 1.83. The smallest absolute Gasteiger partial charge is 0.303 e. The molecule has 98 valence electrons. The van der Waals surface area contributed by atoms with Crippen molar-refractivity contribution in [3.05, 3.63) is 42.2 Å². The predicted octanol–water partition coefficient (Wildman–Crippen LogP) is 1.83. The van der Waals surface area contributed by atoms with Gasteiger partial charge < -0.3 is 10.4 Å². The molecule has 0 fully saturated rings.